The zero-order valence-corrected chi connectivity index (χ0v) is 35.6. The molecule has 0 radical (unpaired) electrons. The number of carbonyl (C=O) groups is 1. The van der Waals surface area contributed by atoms with Crippen LogP contribution < -0.4 is 36.0 Å². The first kappa shape index (κ1) is 44.2. The maximum atomic E-state index is 14.2. The molecule has 0 amide bonds. The highest BCUT2D eigenvalue weighted by Crippen LogP contribution is 2.56. The summed E-state index contributed by atoms with van der Waals surface area (Å²) in [5, 5.41) is 97.6. The van der Waals surface area contributed by atoms with Crippen LogP contribution in [0.5, 0.6) is 28.7 Å². The smallest absolute Gasteiger partial charge is 0.336 e. The van der Waals surface area contributed by atoms with E-state index in [2.05, 4.69) is 27.5 Å². The molecule has 19 nitrogen and oxygen atoms in total. The van der Waals surface area contributed by atoms with Crippen LogP contribution in [0, 0.1) is 23.7 Å². The van der Waals surface area contributed by atoms with Crippen molar-refractivity contribution in [3.05, 3.63) is 106 Å². The summed E-state index contributed by atoms with van der Waals surface area (Å²) in [4.78, 5) is 30.0. The molecule has 11 atom stereocenters. The fraction of sp³-hybridized carbons (Fsp3) is 0.375. The Kier molecular flexibility index (Phi) is 11.0. The number of aromatic nitrogens is 1. The molecule has 10 rings (SSSR count). The van der Waals surface area contributed by atoms with Gasteiger partial charge in [0.15, 0.2) is 34.7 Å². The number of hydrogen-bond donors (Lipinski definition) is 12. The van der Waals surface area contributed by atoms with Gasteiger partial charge in [-0.25, -0.2) is 4.79 Å². The number of nitrogens with one attached hydrogen (secondary N) is 3. The number of H-pyrrole nitrogens is 1. The molecule has 0 spiro atoms. The summed E-state index contributed by atoms with van der Waals surface area (Å²) in [6.07, 6.45) is -5.83. The van der Waals surface area contributed by atoms with Crippen LogP contribution in [-0.2, 0) is 15.1 Å². The number of nitrogens with two attached hydrogens (primary N) is 1. The van der Waals surface area contributed by atoms with Crippen molar-refractivity contribution in [3.63, 3.8) is 0 Å². The maximum absolute atomic E-state index is 14.2. The highest BCUT2D eigenvalue weighted by molar-refractivity contribution is 5.90. The van der Waals surface area contributed by atoms with Gasteiger partial charge in [-0.15, -0.1) is 0 Å². The summed E-state index contributed by atoms with van der Waals surface area (Å²) in [5.74, 6) is 1.86. The Bertz CT molecular complexity index is 2900. The Balaban J connectivity index is 1.11. The van der Waals surface area contributed by atoms with Gasteiger partial charge in [0.1, 0.15) is 57.5 Å². The van der Waals surface area contributed by atoms with Gasteiger partial charge in [-0.05, 0) is 73.4 Å². The number of aromatic hydroxyl groups is 2. The molecule has 5 heterocycles. The number of rotatable bonds is 9. The first-order chi connectivity index (χ1) is 32.1. The van der Waals surface area contributed by atoms with Crippen LogP contribution in [0.3, 0.4) is 0 Å². The third kappa shape index (κ3) is 7.15. The fourth-order valence-corrected chi connectivity index (χ4v) is 10.4. The Morgan fingerprint density at radius 1 is 1.06 bits per heavy atom. The third-order valence-electron chi connectivity index (χ3n) is 13.8. The minimum atomic E-state index is -2.72. The number of benzene rings is 3. The van der Waals surface area contributed by atoms with E-state index in [-0.39, 0.29) is 46.8 Å². The number of aliphatic hydroxyl groups excluding tert-OH is 3. The Morgan fingerprint density at radius 2 is 1.87 bits per heavy atom. The molecule has 3 fully saturated rings. The molecule has 2 aromatic heterocycles. The predicted octanol–water partition coefficient (Wildman–Crippen LogP) is 1.82. The lowest BCUT2D eigenvalue weighted by Crippen LogP contribution is -2.80. The normalized spacial score (nSPS) is 30.7. The summed E-state index contributed by atoms with van der Waals surface area (Å²) in [5.41, 5.74) is -0.746. The molecule has 2 bridgehead atoms. The molecule has 2 aliphatic carbocycles. The van der Waals surface area contributed by atoms with Crippen LogP contribution in [0.4, 0.5) is 5.82 Å². The number of hydrogen-bond acceptors (Lipinski definition) is 17. The number of aliphatic carboxylic acids is 1. The van der Waals surface area contributed by atoms with Crippen LogP contribution in [0.2, 0.25) is 0 Å². The molecule has 67 heavy (non-hydrogen) atoms. The summed E-state index contributed by atoms with van der Waals surface area (Å²) >= 11 is 0. The lowest BCUT2D eigenvalue weighted by molar-refractivity contribution is -0.344. The van der Waals surface area contributed by atoms with Crippen molar-refractivity contribution in [3.8, 4) is 51.9 Å². The van der Waals surface area contributed by atoms with Gasteiger partial charge in [-0.3, -0.25) is 10.1 Å². The van der Waals surface area contributed by atoms with E-state index in [4.69, 9.17) is 29.1 Å². The Morgan fingerprint density at radius 3 is 2.57 bits per heavy atom. The number of carboxylic acid groups (broad SMARTS) is 1. The number of anilines is 1. The molecule has 350 valence electrons. The summed E-state index contributed by atoms with van der Waals surface area (Å²) in [6.45, 7) is 0.0539. The molecule has 5 aliphatic rings. The number of nitrogen functional groups attached to an aromatic ring is 1. The Hall–Kier alpha value is -6.60. The van der Waals surface area contributed by atoms with Gasteiger partial charge >= 0.3 is 5.97 Å². The van der Waals surface area contributed by atoms with E-state index in [0.29, 0.717) is 48.6 Å². The van der Waals surface area contributed by atoms with E-state index >= 15 is 0 Å². The molecule has 19 heteroatoms. The Labute approximate surface area is 381 Å². The number of phenols is 2. The van der Waals surface area contributed by atoms with Gasteiger partial charge in [-0.2, -0.15) is 0 Å². The van der Waals surface area contributed by atoms with E-state index in [1.807, 2.05) is 0 Å². The molecule has 0 unspecified atom stereocenters. The van der Waals surface area contributed by atoms with Gasteiger partial charge in [-0.1, -0.05) is 30.0 Å². The SMILES string of the molecule is Nc1ccc([C@@H](O)[C@H](CO)Oc2ccc(-c3cc(=O)c4c(O)c5c(cc4o3)O[C@@H]3O[C@H](C(=O)O)[C@]4(O)[C@H]([C@H]6CNCN6)C=C(C#CC[C@@H]6CCC[C@]6(c6cccc(O)c6)O5)[C@@]3(O)[C@@H]4O)cc2)[nH]1. The van der Waals surface area contributed by atoms with Crippen molar-refractivity contribution >= 4 is 22.8 Å². The average Bonchev–Trinajstić information content (AvgIpc) is 4.09. The van der Waals surface area contributed by atoms with Gasteiger partial charge in [0.25, 0.3) is 0 Å². The maximum Gasteiger partial charge on any atom is 0.336 e. The first-order valence-corrected chi connectivity index (χ1v) is 21.8. The van der Waals surface area contributed by atoms with Gasteiger partial charge in [0.05, 0.1) is 6.61 Å². The second kappa shape index (κ2) is 16.6. The second-order valence-corrected chi connectivity index (χ2v) is 17.7. The summed E-state index contributed by atoms with van der Waals surface area (Å²) in [6, 6.07) is 17.5. The van der Waals surface area contributed by atoms with Crippen LogP contribution in [0.15, 0.2) is 93.7 Å². The first-order valence-electron chi connectivity index (χ1n) is 21.8. The van der Waals surface area contributed by atoms with E-state index in [0.717, 1.165) is 6.07 Å². The van der Waals surface area contributed by atoms with Crippen molar-refractivity contribution < 1.29 is 69.0 Å². The van der Waals surface area contributed by atoms with E-state index in [1.165, 1.54) is 36.4 Å². The van der Waals surface area contributed by atoms with Crippen LogP contribution in [0.1, 0.15) is 43.0 Å². The number of carboxylic acids is 1. The lowest BCUT2D eigenvalue weighted by atomic mass is 9.60. The van der Waals surface area contributed by atoms with Gasteiger partial charge in [0, 0.05) is 66.5 Å². The molecular weight excluding hydrogens is 873 g/mol. The number of aromatic amines is 1. The highest BCUT2D eigenvalue weighted by Gasteiger charge is 2.72. The molecule has 3 aromatic carbocycles. The quantitative estimate of drug-likeness (QED) is 0.0939. The van der Waals surface area contributed by atoms with Gasteiger partial charge < -0.3 is 80.3 Å². The van der Waals surface area contributed by atoms with Crippen molar-refractivity contribution in [1.82, 2.24) is 15.6 Å². The highest BCUT2D eigenvalue weighted by atomic mass is 16.7. The second-order valence-electron chi connectivity index (χ2n) is 17.7. The zero-order valence-electron chi connectivity index (χ0n) is 35.6. The van der Waals surface area contributed by atoms with Crippen LogP contribution in [-0.4, -0.2) is 113 Å². The van der Waals surface area contributed by atoms with Gasteiger partial charge in [0.2, 0.25) is 12.0 Å². The topological polar surface area (TPSA) is 312 Å². The molecular formula is C48H48N4O15. The van der Waals surface area contributed by atoms with E-state index < -0.39 is 101 Å². The fourth-order valence-electron chi connectivity index (χ4n) is 10.4. The van der Waals surface area contributed by atoms with Crippen molar-refractivity contribution in [1.29, 1.82) is 0 Å². The summed E-state index contributed by atoms with van der Waals surface area (Å²) < 4.78 is 31.5. The van der Waals surface area contributed by atoms with Crippen molar-refractivity contribution in [2.45, 2.75) is 79.2 Å². The molecule has 13 N–H and O–H groups in total. The average molecular weight is 921 g/mol. The third-order valence-corrected chi connectivity index (χ3v) is 13.8. The van der Waals surface area contributed by atoms with E-state index in [9.17, 15) is 50.4 Å². The summed E-state index contributed by atoms with van der Waals surface area (Å²) in [7, 11) is 0. The minimum Gasteiger partial charge on any atom is -0.508 e. The predicted molar refractivity (Wildman–Crippen MR) is 236 cm³/mol. The van der Waals surface area contributed by atoms with Crippen LogP contribution >= 0.6 is 0 Å². The standard InChI is InChI=1S/C48H48N4O15/c49-37-14-13-30(52-37)39(56)36(21-53)63-28-11-9-23(10-12-28)33-18-32(55)38-34(64-33)19-35-41(40(38)57)67-46(25-5-2-8-27(54)16-25)15-3-7-24(46)4-1-6-26-17-29(31-20-50-22-51-31)48(62)42(43(58)59)66-45(65-35)47(26,61)44(48)60/h2,5,8-14,16-19,24,29,31,36,39,42,44-45,50-54,56-57,60-62H,3-4,7,15,20-22,49H2,(H,58,59)/t24-,29+,31-,36+,39-,42-,44+,45-,46+,47-,48-/m1/s1. The monoisotopic (exact) mass is 920 g/mol. The molecule has 1 saturated carbocycles. The zero-order chi connectivity index (χ0) is 47.0. The molecule has 2 saturated heterocycles. The van der Waals surface area contributed by atoms with E-state index in [1.54, 1.807) is 36.4 Å². The van der Waals surface area contributed by atoms with Crippen LogP contribution in [0.25, 0.3) is 22.3 Å². The minimum absolute atomic E-state index is 0.0120. The van der Waals surface area contributed by atoms with Crippen molar-refractivity contribution in [2.24, 2.45) is 11.8 Å². The molecule has 5 aromatic rings. The molecule has 3 aliphatic heterocycles. The van der Waals surface area contributed by atoms with Crippen molar-refractivity contribution in [2.75, 3.05) is 25.6 Å². The lowest BCUT2D eigenvalue weighted by Gasteiger charge is -2.58. The number of phenolic OH excluding ortho intramolecular Hbond substituents is 2. The number of aliphatic hydroxyl groups is 5. The largest absolute Gasteiger partial charge is 0.508 e. The number of ether oxygens (including phenoxy) is 4. The number of fused-ring (bicyclic) bond motifs is 4.